The highest BCUT2D eigenvalue weighted by Gasteiger charge is 2.32. The minimum atomic E-state index is -1.53. The largest absolute Gasteiger partial charge is 1.00 e. The van der Waals surface area contributed by atoms with Crippen LogP contribution in [0.3, 0.4) is 0 Å². The molecule has 0 bridgehead atoms. The number of carbonyl (C=O) groups is 3. The van der Waals surface area contributed by atoms with Crippen LogP contribution in [0.1, 0.15) is 86.3 Å². The van der Waals surface area contributed by atoms with E-state index in [-0.39, 0.29) is 77.3 Å². The Morgan fingerprint density at radius 2 is 1.32 bits per heavy atom. The molecule has 2 atom stereocenters. The summed E-state index contributed by atoms with van der Waals surface area (Å²) in [4.78, 5) is 40.0. The lowest BCUT2D eigenvalue weighted by atomic mass is 9.80. The van der Waals surface area contributed by atoms with E-state index in [2.05, 4.69) is 5.32 Å². The van der Waals surface area contributed by atoms with E-state index in [4.69, 9.17) is 24.3 Å². The van der Waals surface area contributed by atoms with Crippen molar-refractivity contribution in [1.82, 2.24) is 4.90 Å². The van der Waals surface area contributed by atoms with E-state index in [0.717, 1.165) is 42.6 Å². The molecule has 0 radical (unpaired) electrons. The van der Waals surface area contributed by atoms with Crippen molar-refractivity contribution < 1.29 is 73.9 Å². The molecule has 68 heavy (non-hydrogen) atoms. The monoisotopic (exact) mass is 1090 g/mol. The van der Waals surface area contributed by atoms with Gasteiger partial charge >= 0.3 is 25.4 Å². The van der Waals surface area contributed by atoms with Gasteiger partial charge in [0.2, 0.25) is 0 Å². The van der Waals surface area contributed by atoms with Gasteiger partial charge in [-0.2, -0.15) is 0 Å². The number of hydrogen-bond donors (Lipinski definition) is 3. The molecule has 19 heteroatoms. The molecular weight excluding hydrogens is 1020 g/mol. The highest BCUT2D eigenvalue weighted by Crippen LogP contribution is 2.30. The summed E-state index contributed by atoms with van der Waals surface area (Å²) in [7, 11) is -1.53. The molecule has 0 aromatic heterocycles. The fraction of sp³-hybridized carbons (Fsp3) is 0.449. The SMILES string of the molecule is C.C.CC(C)(C)OC(=O)N(CCCF)Cc1ccc(B(O)O)cc1.CC[C@H]1CN(c2ccc(-c3ccc(C[NH2+]CCCF)cc3)c(F)c2)C(=O)O1.CC[C@H]1CN(c2ccc(I)c(F)c2)C(=O)O1.[Cl-]. The minimum absolute atomic E-state index is 0. The first-order valence-corrected chi connectivity index (χ1v) is 22.7. The van der Waals surface area contributed by atoms with Gasteiger partial charge in [0.15, 0.2) is 0 Å². The van der Waals surface area contributed by atoms with Crippen molar-refractivity contribution >= 4 is 64.8 Å². The molecule has 6 rings (SSSR count). The molecule has 12 nitrogen and oxygen atoms in total. The molecule has 376 valence electrons. The van der Waals surface area contributed by atoms with E-state index >= 15 is 0 Å². The average Bonchev–Trinajstić information content (AvgIpc) is 3.86. The molecule has 0 aliphatic carbocycles. The van der Waals surface area contributed by atoms with Crippen LogP contribution in [0.5, 0.6) is 0 Å². The zero-order valence-corrected chi connectivity index (χ0v) is 40.7. The molecule has 2 heterocycles. The van der Waals surface area contributed by atoms with Gasteiger partial charge in [0, 0.05) is 34.2 Å². The lowest BCUT2D eigenvalue weighted by Gasteiger charge is -2.27. The summed E-state index contributed by atoms with van der Waals surface area (Å²) in [6.45, 7) is 11.4. The number of nitrogens with two attached hydrogens (primary N) is 1. The summed E-state index contributed by atoms with van der Waals surface area (Å²) in [6, 6.07) is 23.8. The van der Waals surface area contributed by atoms with Gasteiger partial charge in [-0.05, 0) is 116 Å². The average molecular weight is 1090 g/mol. The van der Waals surface area contributed by atoms with E-state index in [9.17, 15) is 31.9 Å². The zero-order valence-electron chi connectivity index (χ0n) is 37.8. The second kappa shape index (κ2) is 30.1. The second-order valence-corrected chi connectivity index (χ2v) is 17.6. The number of hydrogen-bond acceptors (Lipinski definition) is 8. The van der Waals surface area contributed by atoms with Gasteiger partial charge in [0.05, 0.1) is 44.4 Å². The topological polar surface area (TPSA) is 146 Å². The number of carbonyl (C=O) groups excluding carboxylic acids is 3. The van der Waals surface area contributed by atoms with Gasteiger partial charge in [0.1, 0.15) is 36.0 Å². The van der Waals surface area contributed by atoms with Crippen LogP contribution in [-0.4, -0.2) is 97.7 Å². The standard InChI is InChI=1S/C21H24F2N2O2.C15H23BFNO4.C11H11FINO2.2CH4.ClH/c1-2-18-14-25(21(26)27-18)17-8-9-19(20(23)12-17)16-6-4-15(5-7-16)13-24-11-3-10-22;1-15(2,3)22-14(19)18(10-4-9-17)11-12-5-7-13(8-6-12)16(20)21;1-2-8-6-14(11(15)16-8)7-3-4-10(13)9(12)5-7;;;/h4-9,12,18,24H,2-3,10-11,13-14H2,1H3;5-8,20-21H,4,9-11H2,1-3H3;3-5,8H,2,6H2,1H3;2*1H4;1H/t18-;;8-;;;/m0.0.../s1. The minimum Gasteiger partial charge on any atom is -1.00 e. The van der Waals surface area contributed by atoms with Gasteiger partial charge < -0.3 is 46.9 Å². The van der Waals surface area contributed by atoms with Crippen molar-refractivity contribution in [2.45, 2.75) is 106 Å². The van der Waals surface area contributed by atoms with E-state index < -0.39 is 37.7 Å². The van der Waals surface area contributed by atoms with Crippen molar-refractivity contribution in [3.05, 3.63) is 111 Å². The number of rotatable bonds is 16. The van der Waals surface area contributed by atoms with E-state index in [1.54, 1.807) is 69.3 Å². The first kappa shape index (κ1) is 61.4. The van der Waals surface area contributed by atoms with Crippen molar-refractivity contribution in [2.24, 2.45) is 0 Å². The lowest BCUT2D eigenvalue weighted by Crippen LogP contribution is -3.00. The van der Waals surface area contributed by atoms with Crippen molar-refractivity contribution in [3.8, 4) is 11.1 Å². The first-order chi connectivity index (χ1) is 31.0. The Morgan fingerprint density at radius 1 is 0.809 bits per heavy atom. The van der Waals surface area contributed by atoms with E-state index in [1.807, 2.05) is 60.7 Å². The van der Waals surface area contributed by atoms with Crippen LogP contribution in [0.2, 0.25) is 0 Å². The smallest absolute Gasteiger partial charge is 0.488 e. The maximum absolute atomic E-state index is 14.7. The third-order valence-electron chi connectivity index (χ3n) is 10.2. The fourth-order valence-electron chi connectivity index (χ4n) is 6.59. The number of quaternary nitrogens is 1. The molecule has 0 unspecified atom stereocenters. The quantitative estimate of drug-likeness (QED) is 0.0377. The molecule has 4 aromatic carbocycles. The van der Waals surface area contributed by atoms with Crippen molar-refractivity contribution in [1.29, 1.82) is 0 Å². The predicted octanol–water partition coefficient (Wildman–Crippen LogP) is 6.56. The summed E-state index contributed by atoms with van der Waals surface area (Å²) in [5.74, 6) is -0.687. The van der Waals surface area contributed by atoms with Crippen LogP contribution in [0.4, 0.5) is 43.3 Å². The molecule has 3 amide bonds. The molecular formula is C49H67BClF4IN4O8. The summed E-state index contributed by atoms with van der Waals surface area (Å²) in [5.41, 5.74) is 4.00. The lowest BCUT2D eigenvalue weighted by molar-refractivity contribution is -0.670. The maximum Gasteiger partial charge on any atom is 0.488 e. The Labute approximate surface area is 419 Å². The van der Waals surface area contributed by atoms with Gasteiger partial charge in [-0.3, -0.25) is 18.6 Å². The van der Waals surface area contributed by atoms with Gasteiger partial charge in [0.25, 0.3) is 0 Å². The number of cyclic esters (lactones) is 2. The summed E-state index contributed by atoms with van der Waals surface area (Å²) < 4.78 is 68.7. The number of ether oxygens (including phenoxy) is 3. The Bertz CT molecular complexity index is 2160. The molecule has 2 saturated heterocycles. The van der Waals surface area contributed by atoms with Crippen molar-refractivity contribution in [3.63, 3.8) is 0 Å². The number of nitrogens with zero attached hydrogens (tertiary/aromatic N) is 3. The molecule has 0 spiro atoms. The highest BCUT2D eigenvalue weighted by atomic mass is 127. The molecule has 2 aliphatic heterocycles. The molecule has 2 aliphatic rings. The predicted molar refractivity (Wildman–Crippen MR) is 265 cm³/mol. The summed E-state index contributed by atoms with van der Waals surface area (Å²) in [6.07, 6.45) is 0.757. The highest BCUT2D eigenvalue weighted by molar-refractivity contribution is 14.1. The van der Waals surface area contributed by atoms with Crippen LogP contribution in [0, 0.1) is 15.2 Å². The zero-order chi connectivity index (χ0) is 47.7. The van der Waals surface area contributed by atoms with E-state index in [1.165, 1.54) is 26.8 Å². The van der Waals surface area contributed by atoms with Gasteiger partial charge in [-0.15, -0.1) is 0 Å². The van der Waals surface area contributed by atoms with Crippen LogP contribution >= 0.6 is 22.6 Å². The van der Waals surface area contributed by atoms with Gasteiger partial charge in [-0.25, -0.2) is 23.2 Å². The van der Waals surface area contributed by atoms with Crippen molar-refractivity contribution in [2.75, 3.05) is 49.3 Å². The third-order valence-corrected chi connectivity index (χ3v) is 11.1. The van der Waals surface area contributed by atoms with Gasteiger partial charge in [-0.1, -0.05) is 77.2 Å². The summed E-state index contributed by atoms with van der Waals surface area (Å²) >= 11 is 1.91. The normalized spacial score (nSPS) is 14.9. The van der Waals surface area contributed by atoms with Crippen LogP contribution in [0.25, 0.3) is 11.1 Å². The molecule has 4 aromatic rings. The number of alkyl halides is 2. The fourth-order valence-corrected chi connectivity index (χ4v) is 6.92. The molecule has 0 saturated carbocycles. The Balaban J connectivity index is 0.000000514. The molecule has 2 fully saturated rings. The molecule has 4 N–H and O–H groups in total. The van der Waals surface area contributed by atoms with Crippen LogP contribution < -0.4 is 33.0 Å². The van der Waals surface area contributed by atoms with E-state index in [0.29, 0.717) is 45.5 Å². The number of benzene rings is 4. The first-order valence-electron chi connectivity index (χ1n) is 21.6. The van der Waals surface area contributed by atoms with Crippen LogP contribution in [0.15, 0.2) is 84.9 Å². The van der Waals surface area contributed by atoms with Crippen LogP contribution in [-0.2, 0) is 27.3 Å². The number of amides is 3. The second-order valence-electron chi connectivity index (χ2n) is 16.4. The number of anilines is 2. The Morgan fingerprint density at radius 3 is 1.78 bits per heavy atom. The Hall–Kier alpha value is -4.63. The number of halogens is 6. The Kier molecular flexibility index (Phi) is 27.2. The third kappa shape index (κ3) is 19.0. The summed E-state index contributed by atoms with van der Waals surface area (Å²) in [5, 5.41) is 20.2. The maximum atomic E-state index is 14.7.